The Hall–Kier alpha value is -2.88. The van der Waals surface area contributed by atoms with Gasteiger partial charge in [-0.3, -0.25) is 4.79 Å². The van der Waals surface area contributed by atoms with E-state index in [-0.39, 0.29) is 5.78 Å². The summed E-state index contributed by atoms with van der Waals surface area (Å²) in [5, 5.41) is 14.0. The van der Waals surface area contributed by atoms with Gasteiger partial charge in [-0.15, -0.1) is 0 Å². The van der Waals surface area contributed by atoms with Gasteiger partial charge in [0.1, 0.15) is 11.4 Å². The van der Waals surface area contributed by atoms with Crippen molar-refractivity contribution < 1.29 is 4.79 Å². The third-order valence-corrected chi connectivity index (χ3v) is 10.6. The van der Waals surface area contributed by atoms with Crippen LogP contribution in [0.5, 0.6) is 0 Å². The maximum atomic E-state index is 13.7. The highest BCUT2D eigenvalue weighted by Gasteiger charge is 2.33. The molecule has 3 heteroatoms. The van der Waals surface area contributed by atoms with Crippen LogP contribution in [0.3, 0.4) is 0 Å². The molecule has 0 amide bonds. The molecule has 0 radical (unpaired) electrons. The minimum atomic E-state index is -2.57. The number of nitriles is 1. The van der Waals surface area contributed by atoms with Crippen molar-refractivity contribution in [2.75, 3.05) is 0 Å². The van der Waals surface area contributed by atoms with Gasteiger partial charge in [0, 0.05) is 6.42 Å². The van der Waals surface area contributed by atoms with Crippen LogP contribution < -0.4 is 15.9 Å². The lowest BCUT2D eigenvalue weighted by Crippen LogP contribution is -2.33. The number of carbonyl (C=O) groups is 1. The molecule has 0 spiro atoms. The molecule has 2 nitrogen and oxygen atoms in total. The molecule has 0 aliphatic heterocycles. The molecule has 31 heavy (non-hydrogen) atoms. The van der Waals surface area contributed by atoms with Crippen LogP contribution in [-0.2, 0) is 4.79 Å². The van der Waals surface area contributed by atoms with Gasteiger partial charge < -0.3 is 0 Å². The molecule has 1 aliphatic carbocycles. The fourth-order valence-electron chi connectivity index (χ4n) is 4.87. The number of hydrogen-bond acceptors (Lipinski definition) is 2. The summed E-state index contributed by atoms with van der Waals surface area (Å²) in [5.74, 6) is 0.640. The predicted molar refractivity (Wildman–Crippen MR) is 132 cm³/mol. The van der Waals surface area contributed by atoms with Gasteiger partial charge in [-0.25, -0.2) is 0 Å². The van der Waals surface area contributed by atoms with Crippen molar-refractivity contribution in [3.63, 3.8) is 0 Å². The van der Waals surface area contributed by atoms with Crippen molar-refractivity contribution in [1.29, 1.82) is 5.26 Å². The Morgan fingerprint density at radius 2 is 1.19 bits per heavy atom. The molecular weight excluding hydrogens is 397 g/mol. The first-order valence-corrected chi connectivity index (χ1v) is 12.9. The fourth-order valence-corrected chi connectivity index (χ4v) is 9.03. The van der Waals surface area contributed by atoms with E-state index in [1.807, 2.05) is 54.6 Å². The van der Waals surface area contributed by atoms with Crippen molar-refractivity contribution in [1.82, 2.24) is 0 Å². The lowest BCUT2D eigenvalue weighted by molar-refractivity contribution is -0.112. The van der Waals surface area contributed by atoms with Gasteiger partial charge in [0.25, 0.3) is 0 Å². The number of rotatable bonds is 7. The second-order valence-corrected chi connectivity index (χ2v) is 11.6. The molecule has 156 valence electrons. The molecule has 0 saturated heterocycles. The van der Waals surface area contributed by atoms with Crippen LogP contribution in [0.2, 0.25) is 0 Å². The minimum absolute atomic E-state index is 0.0132. The molecule has 3 aromatic rings. The first kappa shape index (κ1) is 21.4. The first-order chi connectivity index (χ1) is 15.3. The molecular formula is C28H28NOP. The van der Waals surface area contributed by atoms with Gasteiger partial charge in [-0.05, 0) is 35.1 Å². The Balaban J connectivity index is 1.98. The van der Waals surface area contributed by atoms with Crippen LogP contribution >= 0.6 is 6.89 Å². The van der Waals surface area contributed by atoms with Gasteiger partial charge in [0.15, 0.2) is 5.78 Å². The van der Waals surface area contributed by atoms with E-state index in [2.05, 4.69) is 42.5 Å². The highest BCUT2D eigenvalue weighted by atomic mass is 31.2. The van der Waals surface area contributed by atoms with Crippen LogP contribution in [0.1, 0.15) is 38.5 Å². The highest BCUT2D eigenvalue weighted by molar-refractivity contribution is 7.96. The monoisotopic (exact) mass is 425 g/mol. The van der Waals surface area contributed by atoms with E-state index in [1.165, 1.54) is 25.7 Å². The van der Waals surface area contributed by atoms with Crippen molar-refractivity contribution in [3.05, 3.63) is 91.0 Å². The van der Waals surface area contributed by atoms with E-state index in [9.17, 15) is 10.1 Å². The second kappa shape index (κ2) is 9.95. The number of ketones is 1. The van der Waals surface area contributed by atoms with Crippen molar-refractivity contribution in [2.45, 2.75) is 38.5 Å². The number of benzene rings is 3. The number of hydrogen-bond donors (Lipinski definition) is 0. The summed E-state index contributed by atoms with van der Waals surface area (Å²) in [7, 11) is 0. The Morgan fingerprint density at radius 3 is 1.58 bits per heavy atom. The molecule has 1 aliphatic rings. The maximum absolute atomic E-state index is 13.7. The Labute approximate surface area is 185 Å². The summed E-state index contributed by atoms with van der Waals surface area (Å²) in [6.07, 6.45) is 6.31. The zero-order valence-corrected chi connectivity index (χ0v) is 18.7. The summed E-state index contributed by atoms with van der Waals surface area (Å²) in [5.41, 5.74) is 0. The maximum Gasteiger partial charge on any atom is 0.174 e. The summed E-state index contributed by atoms with van der Waals surface area (Å²) in [4.78, 5) is 13.7. The van der Waals surface area contributed by atoms with Crippen LogP contribution in [0, 0.1) is 17.2 Å². The molecule has 1 fully saturated rings. The van der Waals surface area contributed by atoms with E-state index in [0.29, 0.717) is 17.6 Å². The third-order valence-electron chi connectivity index (χ3n) is 6.39. The van der Waals surface area contributed by atoms with Crippen molar-refractivity contribution in [3.8, 4) is 6.07 Å². The minimum Gasteiger partial charge on any atom is -0.293 e. The molecule has 0 atom stereocenters. The van der Waals surface area contributed by atoms with Crippen LogP contribution in [-0.4, -0.2) is 11.1 Å². The van der Waals surface area contributed by atoms with Crippen LogP contribution in [0.4, 0.5) is 0 Å². The zero-order valence-electron chi connectivity index (χ0n) is 17.8. The summed E-state index contributed by atoms with van der Waals surface area (Å²) >= 11 is 0. The number of Topliss-reactive ketones (excluding diaryl/α,β-unsaturated/α-hetero) is 1. The number of nitrogens with zero attached hydrogens (tertiary/aromatic N) is 1. The highest BCUT2D eigenvalue weighted by Crippen LogP contribution is 2.46. The quantitative estimate of drug-likeness (QED) is 0.487. The van der Waals surface area contributed by atoms with Crippen molar-refractivity contribution in [2.24, 2.45) is 5.92 Å². The second-order valence-electron chi connectivity index (χ2n) is 8.25. The summed E-state index contributed by atoms with van der Waals surface area (Å²) in [6.45, 7) is -2.57. The summed E-state index contributed by atoms with van der Waals surface area (Å²) in [6, 6.07) is 32.9. The predicted octanol–water partition coefficient (Wildman–Crippen LogP) is 5.22. The lowest BCUT2D eigenvalue weighted by atomic mass is 9.99. The van der Waals surface area contributed by atoms with Crippen molar-refractivity contribution >= 4 is 33.9 Å². The van der Waals surface area contributed by atoms with Gasteiger partial charge in [-0.1, -0.05) is 117 Å². The Kier molecular flexibility index (Phi) is 6.86. The summed E-state index contributed by atoms with van der Waals surface area (Å²) < 4.78 is 0. The van der Waals surface area contributed by atoms with Gasteiger partial charge in [0.05, 0.1) is 0 Å². The zero-order chi connectivity index (χ0) is 21.5. The van der Waals surface area contributed by atoms with Crippen LogP contribution in [0.15, 0.2) is 91.0 Å². The normalized spacial score (nSPS) is 14.2. The molecule has 0 aromatic heterocycles. The van der Waals surface area contributed by atoms with Gasteiger partial charge >= 0.3 is 0 Å². The largest absolute Gasteiger partial charge is 0.293 e. The molecule has 0 bridgehead atoms. The van der Waals surface area contributed by atoms with Crippen LogP contribution in [0.25, 0.3) is 0 Å². The standard InChI is InChI=1S/C28H28NOP/c29-22-28(27(30)21-20-23-12-10-11-13-23)31(24-14-4-1-5-15-24,25-16-6-2-7-17-25)26-18-8-3-9-19-26/h1-9,14-19,23H,10-13,20-21H2. The molecule has 0 heterocycles. The van der Waals surface area contributed by atoms with E-state index < -0.39 is 6.89 Å². The average Bonchev–Trinajstić information content (AvgIpc) is 3.36. The van der Waals surface area contributed by atoms with E-state index in [0.717, 1.165) is 22.3 Å². The third kappa shape index (κ3) is 4.30. The smallest absolute Gasteiger partial charge is 0.174 e. The van der Waals surface area contributed by atoms with E-state index in [4.69, 9.17) is 0 Å². The molecule has 0 unspecified atom stereocenters. The SMILES string of the molecule is N#CC(C(=O)CCC1CCCC1)=P(c1ccccc1)(c1ccccc1)c1ccccc1. The van der Waals surface area contributed by atoms with Gasteiger partial charge in [-0.2, -0.15) is 5.26 Å². The number of carbonyl (C=O) groups excluding carboxylic acids is 1. The Bertz CT molecular complexity index is 1000. The lowest BCUT2D eigenvalue weighted by Gasteiger charge is -2.30. The molecule has 0 N–H and O–H groups in total. The Morgan fingerprint density at radius 1 is 0.774 bits per heavy atom. The molecule has 4 rings (SSSR count). The van der Waals surface area contributed by atoms with Gasteiger partial charge in [0.2, 0.25) is 0 Å². The topological polar surface area (TPSA) is 40.9 Å². The van der Waals surface area contributed by atoms with E-state index >= 15 is 0 Å². The van der Waals surface area contributed by atoms with E-state index in [1.54, 1.807) is 0 Å². The first-order valence-electron chi connectivity index (χ1n) is 11.1. The fraction of sp³-hybridized carbons (Fsp3) is 0.250. The average molecular weight is 426 g/mol. The molecule has 1 saturated carbocycles. The molecule has 3 aromatic carbocycles.